The first-order chi connectivity index (χ1) is 9.70. The normalized spacial score (nSPS) is 12.2. The van der Waals surface area contributed by atoms with Crippen LogP contribution in [0.4, 0.5) is 0 Å². The second kappa shape index (κ2) is 7.11. The highest BCUT2D eigenvalue weighted by atomic mass is 16.5. The molecule has 1 atom stereocenters. The van der Waals surface area contributed by atoms with Crippen LogP contribution >= 0.6 is 0 Å². The van der Waals surface area contributed by atoms with Crippen molar-refractivity contribution in [3.8, 4) is 5.75 Å². The summed E-state index contributed by atoms with van der Waals surface area (Å²) in [6, 6.07) is 17.2. The van der Waals surface area contributed by atoms with Gasteiger partial charge in [0.2, 0.25) is 0 Å². The Morgan fingerprint density at radius 1 is 1.10 bits per heavy atom. The fourth-order valence-electron chi connectivity index (χ4n) is 2.39. The Hall–Kier alpha value is -1.80. The summed E-state index contributed by atoms with van der Waals surface area (Å²) >= 11 is 0. The van der Waals surface area contributed by atoms with Crippen LogP contribution in [0.5, 0.6) is 5.75 Å². The van der Waals surface area contributed by atoms with Crippen molar-refractivity contribution in [3.05, 3.63) is 65.2 Å². The van der Waals surface area contributed by atoms with Crippen LogP contribution in [0.15, 0.2) is 48.5 Å². The van der Waals surface area contributed by atoms with Crippen molar-refractivity contribution < 1.29 is 4.74 Å². The molecule has 0 aliphatic rings. The molecule has 20 heavy (non-hydrogen) atoms. The molecule has 0 spiro atoms. The second-order valence-corrected chi connectivity index (χ2v) is 5.15. The maximum absolute atomic E-state index is 5.38. The Kier molecular flexibility index (Phi) is 5.19. The molecular weight excluding hydrogens is 246 g/mol. The van der Waals surface area contributed by atoms with Crippen LogP contribution in [0, 0.1) is 6.92 Å². The zero-order valence-corrected chi connectivity index (χ0v) is 12.5. The standard InChI is InChI=1S/C18H23NO/c1-14-7-6-9-17(13-14)15(2)19-12-11-16-8-4-5-10-18(16)20-3/h4-10,13,15,19H,11-12H2,1-3H3. The van der Waals surface area contributed by atoms with E-state index in [1.807, 2.05) is 12.1 Å². The minimum Gasteiger partial charge on any atom is -0.496 e. The molecule has 0 aliphatic heterocycles. The van der Waals surface area contributed by atoms with E-state index in [-0.39, 0.29) is 0 Å². The van der Waals surface area contributed by atoms with Crippen LogP contribution in [0.3, 0.4) is 0 Å². The third-order valence-corrected chi connectivity index (χ3v) is 3.58. The van der Waals surface area contributed by atoms with Gasteiger partial charge in [0.25, 0.3) is 0 Å². The quantitative estimate of drug-likeness (QED) is 0.859. The Labute approximate surface area is 121 Å². The molecular formula is C18H23NO. The molecule has 1 N–H and O–H groups in total. The van der Waals surface area contributed by atoms with Gasteiger partial charge in [0, 0.05) is 6.04 Å². The highest BCUT2D eigenvalue weighted by Gasteiger charge is 2.06. The van der Waals surface area contributed by atoms with Crippen LogP contribution in [-0.2, 0) is 6.42 Å². The summed E-state index contributed by atoms with van der Waals surface area (Å²) in [6.07, 6.45) is 0.972. The number of nitrogens with one attached hydrogen (secondary N) is 1. The number of hydrogen-bond donors (Lipinski definition) is 1. The minimum atomic E-state index is 0.365. The molecule has 106 valence electrons. The van der Waals surface area contributed by atoms with Crippen molar-refractivity contribution in [1.29, 1.82) is 0 Å². The van der Waals surface area contributed by atoms with Crippen molar-refractivity contribution in [2.75, 3.05) is 13.7 Å². The Morgan fingerprint density at radius 2 is 1.90 bits per heavy atom. The summed E-state index contributed by atoms with van der Waals surface area (Å²) in [5, 5.41) is 3.57. The van der Waals surface area contributed by atoms with Crippen molar-refractivity contribution in [2.45, 2.75) is 26.3 Å². The zero-order valence-electron chi connectivity index (χ0n) is 12.5. The molecule has 0 saturated heterocycles. The van der Waals surface area contributed by atoms with Crippen LogP contribution in [0.2, 0.25) is 0 Å². The number of hydrogen-bond acceptors (Lipinski definition) is 2. The van der Waals surface area contributed by atoms with Gasteiger partial charge in [0.1, 0.15) is 5.75 Å². The largest absolute Gasteiger partial charge is 0.496 e. The van der Waals surface area contributed by atoms with Gasteiger partial charge in [-0.2, -0.15) is 0 Å². The van der Waals surface area contributed by atoms with E-state index in [0.29, 0.717) is 6.04 Å². The molecule has 2 aromatic carbocycles. The monoisotopic (exact) mass is 269 g/mol. The van der Waals surface area contributed by atoms with E-state index in [2.05, 4.69) is 55.6 Å². The fourth-order valence-corrected chi connectivity index (χ4v) is 2.39. The van der Waals surface area contributed by atoms with Gasteiger partial charge in [0.15, 0.2) is 0 Å². The van der Waals surface area contributed by atoms with Gasteiger partial charge >= 0.3 is 0 Å². The highest BCUT2D eigenvalue weighted by molar-refractivity contribution is 5.33. The van der Waals surface area contributed by atoms with Crippen molar-refractivity contribution in [3.63, 3.8) is 0 Å². The first kappa shape index (κ1) is 14.6. The lowest BCUT2D eigenvalue weighted by atomic mass is 10.1. The lowest BCUT2D eigenvalue weighted by Crippen LogP contribution is -2.21. The summed E-state index contributed by atoms with van der Waals surface area (Å²) in [5.41, 5.74) is 3.89. The van der Waals surface area contributed by atoms with Crippen molar-refractivity contribution in [1.82, 2.24) is 5.32 Å². The number of para-hydroxylation sites is 1. The van der Waals surface area contributed by atoms with Crippen molar-refractivity contribution >= 4 is 0 Å². The molecule has 0 amide bonds. The van der Waals surface area contributed by atoms with Gasteiger partial charge < -0.3 is 10.1 Å². The van der Waals surface area contributed by atoms with Crippen LogP contribution in [0.1, 0.15) is 29.7 Å². The van der Waals surface area contributed by atoms with Gasteiger partial charge in [-0.1, -0.05) is 48.0 Å². The van der Waals surface area contributed by atoms with E-state index >= 15 is 0 Å². The average molecular weight is 269 g/mol. The average Bonchev–Trinajstić information content (AvgIpc) is 2.47. The molecule has 2 aromatic rings. The third kappa shape index (κ3) is 3.84. The van der Waals surface area contributed by atoms with Crippen LogP contribution in [0.25, 0.3) is 0 Å². The Morgan fingerprint density at radius 3 is 2.65 bits per heavy atom. The molecule has 2 nitrogen and oxygen atoms in total. The van der Waals surface area contributed by atoms with Crippen molar-refractivity contribution in [2.24, 2.45) is 0 Å². The number of methoxy groups -OCH3 is 1. The second-order valence-electron chi connectivity index (χ2n) is 5.15. The van der Waals surface area contributed by atoms with E-state index in [4.69, 9.17) is 4.74 Å². The van der Waals surface area contributed by atoms with E-state index in [9.17, 15) is 0 Å². The predicted octanol–water partition coefficient (Wildman–Crippen LogP) is 3.90. The SMILES string of the molecule is COc1ccccc1CCNC(C)c1cccc(C)c1. The summed E-state index contributed by atoms with van der Waals surface area (Å²) in [5.74, 6) is 0.970. The lowest BCUT2D eigenvalue weighted by Gasteiger charge is -2.15. The lowest BCUT2D eigenvalue weighted by molar-refractivity contribution is 0.408. The Balaban J connectivity index is 1.89. The van der Waals surface area contributed by atoms with Crippen LogP contribution < -0.4 is 10.1 Å². The number of aryl methyl sites for hydroxylation is 1. The summed E-state index contributed by atoms with van der Waals surface area (Å²) in [6.45, 7) is 5.28. The molecule has 0 aliphatic carbocycles. The third-order valence-electron chi connectivity index (χ3n) is 3.58. The van der Waals surface area contributed by atoms with Gasteiger partial charge in [-0.3, -0.25) is 0 Å². The maximum Gasteiger partial charge on any atom is 0.122 e. The number of ether oxygens (including phenoxy) is 1. The highest BCUT2D eigenvalue weighted by Crippen LogP contribution is 2.18. The summed E-state index contributed by atoms with van der Waals surface area (Å²) < 4.78 is 5.38. The molecule has 0 saturated carbocycles. The van der Waals surface area contributed by atoms with E-state index in [1.165, 1.54) is 16.7 Å². The molecule has 2 rings (SSSR count). The Bertz CT molecular complexity index is 551. The molecule has 2 heteroatoms. The van der Waals surface area contributed by atoms with Gasteiger partial charge in [-0.15, -0.1) is 0 Å². The maximum atomic E-state index is 5.38. The first-order valence-electron chi connectivity index (χ1n) is 7.12. The molecule has 1 unspecified atom stereocenters. The van der Waals surface area contributed by atoms with Gasteiger partial charge in [-0.05, 0) is 44.0 Å². The molecule has 0 heterocycles. The minimum absolute atomic E-state index is 0.365. The number of rotatable bonds is 6. The van der Waals surface area contributed by atoms with E-state index in [1.54, 1.807) is 7.11 Å². The molecule has 0 fully saturated rings. The fraction of sp³-hybridized carbons (Fsp3) is 0.333. The van der Waals surface area contributed by atoms with E-state index in [0.717, 1.165) is 18.7 Å². The van der Waals surface area contributed by atoms with Gasteiger partial charge in [-0.25, -0.2) is 0 Å². The first-order valence-corrected chi connectivity index (χ1v) is 7.12. The predicted molar refractivity (Wildman–Crippen MR) is 84.3 cm³/mol. The van der Waals surface area contributed by atoms with Gasteiger partial charge in [0.05, 0.1) is 7.11 Å². The topological polar surface area (TPSA) is 21.3 Å². The summed E-state index contributed by atoms with van der Waals surface area (Å²) in [7, 11) is 1.72. The number of benzene rings is 2. The zero-order chi connectivity index (χ0) is 14.4. The van der Waals surface area contributed by atoms with E-state index < -0.39 is 0 Å². The van der Waals surface area contributed by atoms with Crippen LogP contribution in [-0.4, -0.2) is 13.7 Å². The molecule has 0 bridgehead atoms. The molecule has 0 radical (unpaired) electrons. The summed E-state index contributed by atoms with van der Waals surface area (Å²) in [4.78, 5) is 0. The smallest absolute Gasteiger partial charge is 0.122 e. The molecule has 0 aromatic heterocycles.